The molecule has 0 atom stereocenters. The molecule has 0 aliphatic rings. The van der Waals surface area contributed by atoms with E-state index in [-0.39, 0.29) is 6.04 Å². The number of furan rings is 1. The molecule has 0 unspecified atom stereocenters. The zero-order valence-corrected chi connectivity index (χ0v) is 21.1. The molecule has 0 saturated carbocycles. The summed E-state index contributed by atoms with van der Waals surface area (Å²) in [5, 5.41) is 3.43. The Morgan fingerprint density at radius 1 is 0.895 bits per heavy atom. The molecule has 0 spiro atoms. The number of rotatable bonds is 8. The summed E-state index contributed by atoms with van der Waals surface area (Å²) in [4.78, 5) is 32.4. The van der Waals surface area contributed by atoms with Gasteiger partial charge in [0.05, 0.1) is 17.3 Å². The van der Waals surface area contributed by atoms with Crippen molar-refractivity contribution in [3.8, 4) is 11.5 Å². The summed E-state index contributed by atoms with van der Waals surface area (Å²) in [5.74, 6) is -0.508. The number of benzene rings is 3. The van der Waals surface area contributed by atoms with Gasteiger partial charge in [-0.15, -0.1) is 0 Å². The number of nitrogens with zero attached hydrogens (tertiary/aromatic N) is 2. The number of amides is 1. The number of hydrogen-bond acceptors (Lipinski definition) is 6. The molecular weight excluding hydrogens is 478 g/mol. The Labute approximate surface area is 220 Å². The van der Waals surface area contributed by atoms with Gasteiger partial charge in [0.2, 0.25) is 0 Å². The van der Waals surface area contributed by atoms with Gasteiger partial charge in [-0.05, 0) is 74.5 Å². The van der Waals surface area contributed by atoms with Crippen LogP contribution in [0.1, 0.15) is 24.2 Å². The van der Waals surface area contributed by atoms with Crippen LogP contribution in [0.15, 0.2) is 108 Å². The van der Waals surface area contributed by atoms with Crippen molar-refractivity contribution in [2.24, 2.45) is 0 Å². The maximum absolute atomic E-state index is 13.0. The normalized spacial score (nSPS) is 10.9. The molecule has 0 aliphatic carbocycles. The van der Waals surface area contributed by atoms with Gasteiger partial charge in [0.1, 0.15) is 5.69 Å². The summed E-state index contributed by atoms with van der Waals surface area (Å²) >= 11 is 0. The number of para-hydroxylation sites is 2. The lowest BCUT2D eigenvalue weighted by Crippen LogP contribution is -2.25. The third-order valence-corrected chi connectivity index (χ3v) is 6.02. The van der Waals surface area contributed by atoms with Crippen LogP contribution >= 0.6 is 0 Å². The Balaban J connectivity index is 1.26. The van der Waals surface area contributed by atoms with Gasteiger partial charge >= 0.3 is 5.97 Å². The Morgan fingerprint density at radius 2 is 1.61 bits per heavy atom. The number of anilines is 3. The Hall–Kier alpha value is -4.91. The minimum Gasteiger partial charge on any atom is -0.463 e. The first-order valence-electron chi connectivity index (χ1n) is 12.3. The van der Waals surface area contributed by atoms with Gasteiger partial charge in [0.15, 0.2) is 12.4 Å². The lowest BCUT2D eigenvalue weighted by molar-refractivity contribution is -0.119. The maximum atomic E-state index is 13.0. The monoisotopic (exact) mass is 505 g/mol. The van der Waals surface area contributed by atoms with Crippen LogP contribution < -0.4 is 10.2 Å². The summed E-state index contributed by atoms with van der Waals surface area (Å²) in [6.07, 6.45) is 1.54. The fourth-order valence-electron chi connectivity index (χ4n) is 4.34. The second-order valence-electron chi connectivity index (χ2n) is 9.02. The Morgan fingerprint density at radius 3 is 2.32 bits per heavy atom. The van der Waals surface area contributed by atoms with E-state index < -0.39 is 18.5 Å². The van der Waals surface area contributed by atoms with Crippen LogP contribution in [0.2, 0.25) is 0 Å². The number of fused-ring (bicyclic) bond motifs is 1. The smallest absolute Gasteiger partial charge is 0.339 e. The Bertz CT molecular complexity index is 1550. The van der Waals surface area contributed by atoms with Gasteiger partial charge in [-0.3, -0.25) is 4.79 Å². The highest BCUT2D eigenvalue weighted by atomic mass is 16.5. The van der Waals surface area contributed by atoms with Crippen LogP contribution in [0.4, 0.5) is 17.1 Å². The first kappa shape index (κ1) is 24.8. The van der Waals surface area contributed by atoms with Crippen LogP contribution in [-0.2, 0) is 9.53 Å². The molecule has 0 saturated heterocycles. The summed E-state index contributed by atoms with van der Waals surface area (Å²) in [7, 11) is 0. The molecule has 38 heavy (non-hydrogen) atoms. The van der Waals surface area contributed by atoms with Crippen LogP contribution in [-0.4, -0.2) is 29.5 Å². The summed E-state index contributed by atoms with van der Waals surface area (Å²) < 4.78 is 10.8. The molecular formula is C31H27N3O4. The lowest BCUT2D eigenvalue weighted by Gasteiger charge is -2.29. The van der Waals surface area contributed by atoms with Crippen molar-refractivity contribution in [2.75, 3.05) is 16.8 Å². The fourth-order valence-corrected chi connectivity index (χ4v) is 4.34. The van der Waals surface area contributed by atoms with Gasteiger partial charge in [-0.25, -0.2) is 9.78 Å². The van der Waals surface area contributed by atoms with E-state index in [0.717, 1.165) is 11.4 Å². The minimum absolute atomic E-state index is 0.245. The fraction of sp³-hybridized carbons (Fsp3) is 0.129. The highest BCUT2D eigenvalue weighted by molar-refractivity contribution is 6.05. The zero-order valence-electron chi connectivity index (χ0n) is 21.1. The highest BCUT2D eigenvalue weighted by Gasteiger charge is 2.18. The molecule has 7 heteroatoms. The van der Waals surface area contributed by atoms with Crippen molar-refractivity contribution in [1.29, 1.82) is 0 Å². The molecule has 0 fully saturated rings. The number of nitrogens with one attached hydrogen (secondary N) is 1. The molecule has 1 N–H and O–H groups in total. The predicted octanol–water partition coefficient (Wildman–Crippen LogP) is 6.84. The van der Waals surface area contributed by atoms with E-state index in [2.05, 4.69) is 41.2 Å². The molecule has 0 aliphatic heterocycles. The van der Waals surface area contributed by atoms with E-state index >= 15 is 0 Å². The Kier molecular flexibility index (Phi) is 7.17. The second kappa shape index (κ2) is 11.0. The van der Waals surface area contributed by atoms with Crippen molar-refractivity contribution in [2.45, 2.75) is 19.9 Å². The molecule has 0 bridgehead atoms. The standard InChI is InChI=1S/C31H27N3O4/c1-21(2)34(23-9-4-3-5-10-23)24-16-14-22(15-17-24)32-30(35)20-38-31(36)26-19-28(29-13-8-18-37-29)33-27-12-7-6-11-25(26)27/h3-19,21H,20H2,1-2H3,(H,32,35). The average Bonchev–Trinajstić information content (AvgIpc) is 3.48. The number of ether oxygens (including phenoxy) is 1. The van der Waals surface area contributed by atoms with Crippen molar-refractivity contribution in [1.82, 2.24) is 4.98 Å². The van der Waals surface area contributed by atoms with Gasteiger partial charge < -0.3 is 19.4 Å². The maximum Gasteiger partial charge on any atom is 0.339 e. The number of pyridine rings is 1. The first-order chi connectivity index (χ1) is 18.5. The van der Waals surface area contributed by atoms with Gasteiger partial charge in [0, 0.05) is 28.5 Å². The van der Waals surface area contributed by atoms with Crippen LogP contribution in [0.3, 0.4) is 0 Å². The van der Waals surface area contributed by atoms with E-state index in [1.165, 1.54) is 0 Å². The van der Waals surface area contributed by atoms with Crippen molar-refractivity contribution >= 4 is 39.8 Å². The van der Waals surface area contributed by atoms with E-state index in [1.54, 1.807) is 30.5 Å². The number of carbonyl (C=O) groups excluding carboxylic acids is 2. The minimum atomic E-state index is -0.614. The van der Waals surface area contributed by atoms with E-state index in [1.807, 2.05) is 60.7 Å². The van der Waals surface area contributed by atoms with Crippen molar-refractivity contribution < 1.29 is 18.7 Å². The summed E-state index contributed by atoms with van der Waals surface area (Å²) in [6.45, 7) is 3.83. The summed E-state index contributed by atoms with van der Waals surface area (Å²) in [6, 6.07) is 30.4. The number of hydrogen-bond donors (Lipinski definition) is 1. The van der Waals surface area contributed by atoms with Gasteiger partial charge in [-0.2, -0.15) is 0 Å². The number of esters is 1. The van der Waals surface area contributed by atoms with Crippen LogP contribution in [0.5, 0.6) is 0 Å². The molecule has 5 aromatic rings. The van der Waals surface area contributed by atoms with Gasteiger partial charge in [0.25, 0.3) is 5.91 Å². The molecule has 190 valence electrons. The quantitative estimate of drug-likeness (QED) is 0.233. The van der Waals surface area contributed by atoms with Crippen molar-refractivity contribution in [3.63, 3.8) is 0 Å². The van der Waals surface area contributed by atoms with E-state index in [9.17, 15) is 9.59 Å². The molecule has 3 aromatic carbocycles. The third kappa shape index (κ3) is 5.42. The molecule has 1 amide bonds. The molecule has 5 rings (SSSR count). The highest BCUT2D eigenvalue weighted by Crippen LogP contribution is 2.29. The van der Waals surface area contributed by atoms with Crippen LogP contribution in [0.25, 0.3) is 22.4 Å². The SMILES string of the molecule is CC(C)N(c1ccccc1)c1ccc(NC(=O)COC(=O)c2cc(-c3ccco3)nc3ccccc23)cc1. The second-order valence-corrected chi connectivity index (χ2v) is 9.02. The predicted molar refractivity (Wildman–Crippen MR) is 149 cm³/mol. The lowest BCUT2D eigenvalue weighted by atomic mass is 10.1. The number of aromatic nitrogens is 1. The molecule has 2 heterocycles. The third-order valence-electron chi connectivity index (χ3n) is 6.02. The largest absolute Gasteiger partial charge is 0.463 e. The average molecular weight is 506 g/mol. The first-order valence-corrected chi connectivity index (χ1v) is 12.3. The molecule has 0 radical (unpaired) electrons. The van der Waals surface area contributed by atoms with E-state index in [4.69, 9.17) is 9.15 Å². The van der Waals surface area contributed by atoms with Crippen molar-refractivity contribution in [3.05, 3.63) is 109 Å². The number of carbonyl (C=O) groups is 2. The topological polar surface area (TPSA) is 84.7 Å². The molecule has 2 aromatic heterocycles. The van der Waals surface area contributed by atoms with Gasteiger partial charge in [-0.1, -0.05) is 36.4 Å². The summed E-state index contributed by atoms with van der Waals surface area (Å²) in [5.41, 5.74) is 4.16. The van der Waals surface area contributed by atoms with Crippen LogP contribution in [0, 0.1) is 0 Å². The molecule has 7 nitrogen and oxygen atoms in total. The van der Waals surface area contributed by atoms with E-state index in [0.29, 0.717) is 33.6 Å². The zero-order chi connectivity index (χ0) is 26.5.